The monoisotopic (exact) mass is 206 g/mol. The number of ether oxygens (including phenoxy) is 1. The van der Waals surface area contributed by atoms with E-state index in [0.717, 1.165) is 19.3 Å². The number of unbranched alkanes of at least 4 members (excludes halogenated alkanes) is 1. The molecule has 2 heteroatoms. The zero-order valence-electron chi connectivity index (χ0n) is 9.24. The van der Waals surface area contributed by atoms with E-state index in [9.17, 15) is 4.79 Å². The third kappa shape index (κ3) is 5.21. The molecule has 0 atom stereocenters. The summed E-state index contributed by atoms with van der Waals surface area (Å²) in [6.07, 6.45) is 3.55. The van der Waals surface area contributed by atoms with Crippen molar-refractivity contribution in [1.82, 2.24) is 0 Å². The SMILES string of the molecule is CCC(=O)OCCCCc1ccccc1. The predicted octanol–water partition coefficient (Wildman–Crippen LogP) is 2.96. The van der Waals surface area contributed by atoms with Gasteiger partial charge in [0.15, 0.2) is 0 Å². The number of esters is 1. The van der Waals surface area contributed by atoms with Crippen LogP contribution in [0.25, 0.3) is 0 Å². The topological polar surface area (TPSA) is 26.3 Å². The highest BCUT2D eigenvalue weighted by Crippen LogP contribution is 2.04. The van der Waals surface area contributed by atoms with Crippen LogP contribution in [0.4, 0.5) is 0 Å². The van der Waals surface area contributed by atoms with E-state index < -0.39 is 0 Å². The highest BCUT2D eigenvalue weighted by atomic mass is 16.5. The van der Waals surface area contributed by atoms with Crippen molar-refractivity contribution in [2.24, 2.45) is 0 Å². The number of carbonyl (C=O) groups excluding carboxylic acids is 1. The molecule has 0 aromatic heterocycles. The van der Waals surface area contributed by atoms with E-state index in [0.29, 0.717) is 13.0 Å². The molecule has 0 radical (unpaired) electrons. The van der Waals surface area contributed by atoms with Gasteiger partial charge in [0.25, 0.3) is 0 Å². The van der Waals surface area contributed by atoms with Crippen LogP contribution in [-0.4, -0.2) is 12.6 Å². The number of benzene rings is 1. The molecule has 1 aromatic rings. The Hall–Kier alpha value is -1.31. The van der Waals surface area contributed by atoms with Gasteiger partial charge in [0.1, 0.15) is 0 Å². The van der Waals surface area contributed by atoms with Crippen LogP contribution in [0, 0.1) is 0 Å². The molecule has 0 aliphatic carbocycles. The van der Waals surface area contributed by atoms with E-state index in [1.54, 1.807) is 0 Å². The van der Waals surface area contributed by atoms with E-state index >= 15 is 0 Å². The zero-order chi connectivity index (χ0) is 10.9. The Morgan fingerprint density at radius 1 is 1.20 bits per heavy atom. The van der Waals surface area contributed by atoms with Crippen molar-refractivity contribution >= 4 is 5.97 Å². The smallest absolute Gasteiger partial charge is 0.305 e. The van der Waals surface area contributed by atoms with Crippen molar-refractivity contribution in [3.63, 3.8) is 0 Å². The average molecular weight is 206 g/mol. The minimum atomic E-state index is -0.102. The minimum absolute atomic E-state index is 0.102. The van der Waals surface area contributed by atoms with Crippen LogP contribution in [0.15, 0.2) is 30.3 Å². The largest absolute Gasteiger partial charge is 0.466 e. The van der Waals surface area contributed by atoms with E-state index in [1.165, 1.54) is 5.56 Å². The van der Waals surface area contributed by atoms with E-state index in [2.05, 4.69) is 12.1 Å². The summed E-state index contributed by atoms with van der Waals surface area (Å²) in [4.78, 5) is 10.8. The lowest BCUT2D eigenvalue weighted by molar-refractivity contribution is -0.143. The van der Waals surface area contributed by atoms with Crippen LogP contribution in [0.3, 0.4) is 0 Å². The fraction of sp³-hybridized carbons (Fsp3) is 0.462. The first-order valence-corrected chi connectivity index (χ1v) is 5.52. The molecular formula is C13H18O2. The van der Waals surface area contributed by atoms with Gasteiger partial charge in [0, 0.05) is 6.42 Å². The summed E-state index contributed by atoms with van der Waals surface area (Å²) in [6.45, 7) is 2.37. The molecule has 0 saturated carbocycles. The summed E-state index contributed by atoms with van der Waals surface area (Å²) in [5.74, 6) is -0.102. The highest BCUT2D eigenvalue weighted by molar-refractivity contribution is 5.68. The van der Waals surface area contributed by atoms with Gasteiger partial charge in [0.2, 0.25) is 0 Å². The lowest BCUT2D eigenvalue weighted by Crippen LogP contribution is -2.03. The Morgan fingerprint density at radius 3 is 2.60 bits per heavy atom. The molecule has 0 aliphatic rings. The molecule has 0 aliphatic heterocycles. The molecule has 0 N–H and O–H groups in total. The molecule has 0 amide bonds. The quantitative estimate of drug-likeness (QED) is 0.528. The number of aryl methyl sites for hydroxylation is 1. The Balaban J connectivity index is 2.05. The normalized spacial score (nSPS) is 9.93. The van der Waals surface area contributed by atoms with Crippen LogP contribution in [0.2, 0.25) is 0 Å². The Kier molecular flexibility index (Phi) is 5.52. The van der Waals surface area contributed by atoms with Crippen molar-refractivity contribution < 1.29 is 9.53 Å². The first kappa shape index (κ1) is 11.8. The molecule has 0 spiro atoms. The Labute approximate surface area is 91.3 Å². The second kappa shape index (κ2) is 7.04. The molecule has 0 saturated heterocycles. The van der Waals surface area contributed by atoms with Crippen LogP contribution < -0.4 is 0 Å². The molecule has 0 fully saturated rings. The third-order valence-electron chi connectivity index (χ3n) is 2.25. The molecule has 15 heavy (non-hydrogen) atoms. The minimum Gasteiger partial charge on any atom is -0.466 e. The number of hydrogen-bond acceptors (Lipinski definition) is 2. The van der Waals surface area contributed by atoms with Crippen molar-refractivity contribution in [3.05, 3.63) is 35.9 Å². The fourth-order valence-electron chi connectivity index (χ4n) is 1.36. The summed E-state index contributed by atoms with van der Waals surface area (Å²) < 4.78 is 4.99. The number of hydrogen-bond donors (Lipinski definition) is 0. The van der Waals surface area contributed by atoms with Crippen LogP contribution in [0.5, 0.6) is 0 Å². The standard InChI is InChI=1S/C13H18O2/c1-2-13(14)15-11-7-6-10-12-8-4-3-5-9-12/h3-5,8-9H,2,6-7,10-11H2,1H3. The number of carbonyl (C=O) groups is 1. The molecule has 82 valence electrons. The first-order chi connectivity index (χ1) is 7.33. The zero-order valence-corrected chi connectivity index (χ0v) is 9.24. The van der Waals surface area contributed by atoms with Gasteiger partial charge in [0.05, 0.1) is 6.61 Å². The Morgan fingerprint density at radius 2 is 1.93 bits per heavy atom. The summed E-state index contributed by atoms with van der Waals surface area (Å²) >= 11 is 0. The molecule has 0 bridgehead atoms. The molecule has 1 aromatic carbocycles. The lowest BCUT2D eigenvalue weighted by atomic mass is 10.1. The van der Waals surface area contributed by atoms with Crippen molar-refractivity contribution in [1.29, 1.82) is 0 Å². The van der Waals surface area contributed by atoms with E-state index in [4.69, 9.17) is 4.74 Å². The number of rotatable bonds is 6. The predicted molar refractivity (Wildman–Crippen MR) is 60.6 cm³/mol. The van der Waals surface area contributed by atoms with Gasteiger partial charge in [-0.25, -0.2) is 0 Å². The molecule has 0 heterocycles. The van der Waals surface area contributed by atoms with Crippen molar-refractivity contribution in [3.8, 4) is 0 Å². The maximum atomic E-state index is 10.8. The van der Waals surface area contributed by atoms with Crippen molar-refractivity contribution in [2.45, 2.75) is 32.6 Å². The van der Waals surface area contributed by atoms with Crippen LogP contribution >= 0.6 is 0 Å². The van der Waals surface area contributed by atoms with Gasteiger partial charge in [-0.05, 0) is 24.8 Å². The maximum Gasteiger partial charge on any atom is 0.305 e. The second-order valence-corrected chi connectivity index (χ2v) is 3.52. The summed E-state index contributed by atoms with van der Waals surface area (Å²) in [5, 5.41) is 0. The summed E-state index contributed by atoms with van der Waals surface area (Å²) in [5.41, 5.74) is 1.35. The maximum absolute atomic E-state index is 10.8. The fourth-order valence-corrected chi connectivity index (χ4v) is 1.36. The van der Waals surface area contributed by atoms with Crippen LogP contribution in [0.1, 0.15) is 31.7 Å². The van der Waals surface area contributed by atoms with Crippen molar-refractivity contribution in [2.75, 3.05) is 6.61 Å². The van der Waals surface area contributed by atoms with Gasteiger partial charge in [-0.2, -0.15) is 0 Å². The second-order valence-electron chi connectivity index (χ2n) is 3.52. The summed E-state index contributed by atoms with van der Waals surface area (Å²) in [6, 6.07) is 10.4. The van der Waals surface area contributed by atoms with E-state index in [1.807, 2.05) is 25.1 Å². The molecule has 1 rings (SSSR count). The average Bonchev–Trinajstić information content (AvgIpc) is 2.29. The third-order valence-corrected chi connectivity index (χ3v) is 2.25. The molecular weight excluding hydrogens is 188 g/mol. The van der Waals surface area contributed by atoms with E-state index in [-0.39, 0.29) is 5.97 Å². The van der Waals surface area contributed by atoms with Crippen LogP contribution in [-0.2, 0) is 16.0 Å². The Bertz CT molecular complexity index is 280. The highest BCUT2D eigenvalue weighted by Gasteiger charge is 1.97. The van der Waals surface area contributed by atoms with Gasteiger partial charge >= 0.3 is 5.97 Å². The van der Waals surface area contributed by atoms with Gasteiger partial charge < -0.3 is 4.74 Å². The van der Waals surface area contributed by atoms with Gasteiger partial charge in [-0.3, -0.25) is 4.79 Å². The summed E-state index contributed by atoms with van der Waals surface area (Å²) in [7, 11) is 0. The van der Waals surface area contributed by atoms with Gasteiger partial charge in [-0.1, -0.05) is 37.3 Å². The first-order valence-electron chi connectivity index (χ1n) is 5.52. The van der Waals surface area contributed by atoms with Gasteiger partial charge in [-0.15, -0.1) is 0 Å². The molecule has 0 unspecified atom stereocenters. The lowest BCUT2D eigenvalue weighted by Gasteiger charge is -2.03. The molecule has 2 nitrogen and oxygen atoms in total.